The molecule has 1 aromatic carbocycles. The molecule has 1 aromatic heterocycles. The van der Waals surface area contributed by atoms with Gasteiger partial charge in [0.1, 0.15) is 11.8 Å². The van der Waals surface area contributed by atoms with Gasteiger partial charge in [0, 0.05) is 6.54 Å². The van der Waals surface area contributed by atoms with Crippen LogP contribution in [0.1, 0.15) is 43.6 Å². The number of ether oxygens (including phenoxy) is 1. The summed E-state index contributed by atoms with van der Waals surface area (Å²) >= 11 is 0. The molecule has 0 unspecified atom stereocenters. The lowest BCUT2D eigenvalue weighted by atomic mass is 10.1. The Morgan fingerprint density at radius 2 is 2.04 bits per heavy atom. The smallest absolute Gasteiger partial charge is 0.185 e. The van der Waals surface area contributed by atoms with Gasteiger partial charge in [0.2, 0.25) is 0 Å². The van der Waals surface area contributed by atoms with Crippen molar-refractivity contribution in [1.82, 2.24) is 15.0 Å². The van der Waals surface area contributed by atoms with Crippen LogP contribution in [0.4, 0.5) is 0 Å². The van der Waals surface area contributed by atoms with Gasteiger partial charge in [-0.15, -0.1) is 5.10 Å². The summed E-state index contributed by atoms with van der Waals surface area (Å²) in [7, 11) is 0. The van der Waals surface area contributed by atoms with E-state index in [0.29, 0.717) is 18.2 Å². The standard InChI is InChI=1S/C18H24N4O/c1-14(2)12-17-16(13-19)20-21-22(17)10-6-7-11-23-18-9-5-4-8-15(18)3/h4-5,8-9,14H,6-7,10-12H2,1-3H3. The van der Waals surface area contributed by atoms with Gasteiger partial charge in [-0.05, 0) is 43.7 Å². The lowest BCUT2D eigenvalue weighted by molar-refractivity contribution is 0.299. The highest BCUT2D eigenvalue weighted by molar-refractivity contribution is 5.31. The Kier molecular flexibility index (Phi) is 6.16. The molecule has 0 aliphatic heterocycles. The Hall–Kier alpha value is -2.35. The second-order valence-electron chi connectivity index (χ2n) is 6.14. The van der Waals surface area contributed by atoms with Crippen LogP contribution in [0.15, 0.2) is 24.3 Å². The van der Waals surface area contributed by atoms with Crippen LogP contribution in [-0.2, 0) is 13.0 Å². The largest absolute Gasteiger partial charge is 0.493 e. The number of nitriles is 1. The SMILES string of the molecule is Cc1ccccc1OCCCCn1nnc(C#N)c1CC(C)C. The van der Waals surface area contributed by atoms with Crippen LogP contribution in [0, 0.1) is 24.2 Å². The first-order valence-electron chi connectivity index (χ1n) is 8.12. The number of nitrogens with zero attached hydrogens (tertiary/aromatic N) is 4. The van der Waals surface area contributed by atoms with Crippen molar-refractivity contribution in [3.05, 3.63) is 41.2 Å². The lowest BCUT2D eigenvalue weighted by Crippen LogP contribution is -2.10. The molecule has 23 heavy (non-hydrogen) atoms. The highest BCUT2D eigenvalue weighted by Gasteiger charge is 2.13. The van der Waals surface area contributed by atoms with Crippen LogP contribution in [0.2, 0.25) is 0 Å². The third-order valence-corrected chi connectivity index (χ3v) is 3.66. The molecule has 0 saturated carbocycles. The first-order valence-corrected chi connectivity index (χ1v) is 8.12. The number of rotatable bonds is 8. The summed E-state index contributed by atoms with van der Waals surface area (Å²) in [5.74, 6) is 1.42. The Morgan fingerprint density at radius 3 is 2.74 bits per heavy atom. The van der Waals surface area contributed by atoms with Gasteiger partial charge in [0.05, 0.1) is 12.3 Å². The summed E-state index contributed by atoms with van der Waals surface area (Å²) in [6, 6.07) is 10.2. The predicted molar refractivity (Wildman–Crippen MR) is 89.2 cm³/mol. The fraction of sp³-hybridized carbons (Fsp3) is 0.500. The van der Waals surface area contributed by atoms with Crippen molar-refractivity contribution in [1.29, 1.82) is 5.26 Å². The summed E-state index contributed by atoms with van der Waals surface area (Å²) in [6.07, 6.45) is 2.72. The second kappa shape index (κ2) is 8.33. The van der Waals surface area contributed by atoms with Crippen LogP contribution in [0.3, 0.4) is 0 Å². The summed E-state index contributed by atoms with van der Waals surface area (Å²) in [5.41, 5.74) is 2.55. The van der Waals surface area contributed by atoms with Crippen LogP contribution in [0.5, 0.6) is 5.75 Å². The molecule has 5 nitrogen and oxygen atoms in total. The fourth-order valence-electron chi connectivity index (χ4n) is 2.45. The molecule has 0 saturated heterocycles. The van der Waals surface area contributed by atoms with E-state index >= 15 is 0 Å². The molecule has 0 spiro atoms. The summed E-state index contributed by atoms with van der Waals surface area (Å²) in [6.45, 7) is 7.77. The summed E-state index contributed by atoms with van der Waals surface area (Å²) < 4.78 is 7.67. The minimum Gasteiger partial charge on any atom is -0.493 e. The summed E-state index contributed by atoms with van der Waals surface area (Å²) in [4.78, 5) is 0. The zero-order chi connectivity index (χ0) is 16.7. The van der Waals surface area contributed by atoms with Crippen LogP contribution >= 0.6 is 0 Å². The van der Waals surface area contributed by atoms with Gasteiger partial charge in [-0.3, -0.25) is 0 Å². The van der Waals surface area contributed by atoms with Gasteiger partial charge in [0.15, 0.2) is 5.69 Å². The number of hydrogen-bond donors (Lipinski definition) is 0. The molecule has 0 bridgehead atoms. The molecule has 0 amide bonds. The van der Waals surface area contributed by atoms with Gasteiger partial charge in [-0.1, -0.05) is 37.3 Å². The third kappa shape index (κ3) is 4.82. The average Bonchev–Trinajstić information content (AvgIpc) is 2.90. The highest BCUT2D eigenvalue weighted by Crippen LogP contribution is 2.17. The number of unbranched alkanes of at least 4 members (excludes halogenated alkanes) is 1. The maximum absolute atomic E-state index is 9.12. The van der Waals surface area contributed by atoms with Gasteiger partial charge < -0.3 is 4.74 Å². The molecule has 0 radical (unpaired) electrons. The first kappa shape index (κ1) is 17.0. The van der Waals surface area contributed by atoms with E-state index in [1.165, 1.54) is 0 Å². The maximum atomic E-state index is 9.12. The van der Waals surface area contributed by atoms with Crippen molar-refractivity contribution in [3.8, 4) is 11.8 Å². The van der Waals surface area contributed by atoms with Crippen molar-refractivity contribution >= 4 is 0 Å². The quantitative estimate of drug-likeness (QED) is 0.700. The van der Waals surface area contributed by atoms with Crippen LogP contribution in [-0.4, -0.2) is 21.6 Å². The number of hydrogen-bond acceptors (Lipinski definition) is 4. The minimum absolute atomic E-state index is 0.454. The minimum atomic E-state index is 0.454. The van der Waals surface area contributed by atoms with E-state index in [1.54, 1.807) is 0 Å². The molecule has 0 aliphatic rings. The normalized spacial score (nSPS) is 10.7. The van der Waals surface area contributed by atoms with E-state index < -0.39 is 0 Å². The number of benzene rings is 1. The Balaban J connectivity index is 1.82. The molecule has 2 rings (SSSR count). The average molecular weight is 312 g/mol. The van der Waals surface area contributed by atoms with Gasteiger partial charge in [0.25, 0.3) is 0 Å². The molecule has 1 heterocycles. The molecule has 0 aliphatic carbocycles. The highest BCUT2D eigenvalue weighted by atomic mass is 16.5. The molecule has 2 aromatic rings. The monoisotopic (exact) mass is 312 g/mol. The van der Waals surface area contributed by atoms with Crippen LogP contribution < -0.4 is 4.74 Å². The van der Waals surface area contributed by atoms with Crippen molar-refractivity contribution in [2.75, 3.05) is 6.61 Å². The topological polar surface area (TPSA) is 63.7 Å². The molecular formula is C18H24N4O. The molecular weight excluding hydrogens is 288 g/mol. The van der Waals surface area contributed by atoms with E-state index in [1.807, 2.05) is 35.9 Å². The van der Waals surface area contributed by atoms with E-state index in [4.69, 9.17) is 10.00 Å². The van der Waals surface area contributed by atoms with Crippen molar-refractivity contribution in [3.63, 3.8) is 0 Å². The molecule has 0 fully saturated rings. The second-order valence-corrected chi connectivity index (χ2v) is 6.14. The molecule has 122 valence electrons. The zero-order valence-electron chi connectivity index (χ0n) is 14.1. The molecule has 0 atom stereocenters. The Bertz CT molecular complexity index is 670. The number of aryl methyl sites for hydroxylation is 2. The van der Waals surface area contributed by atoms with Crippen molar-refractivity contribution in [2.24, 2.45) is 5.92 Å². The van der Waals surface area contributed by atoms with Crippen molar-refractivity contribution < 1.29 is 4.74 Å². The van der Waals surface area contributed by atoms with E-state index in [2.05, 4.69) is 30.2 Å². The van der Waals surface area contributed by atoms with Crippen LogP contribution in [0.25, 0.3) is 0 Å². The van der Waals surface area contributed by atoms with Gasteiger partial charge in [-0.25, -0.2) is 4.68 Å². The summed E-state index contributed by atoms with van der Waals surface area (Å²) in [5, 5.41) is 17.2. The zero-order valence-corrected chi connectivity index (χ0v) is 14.1. The third-order valence-electron chi connectivity index (χ3n) is 3.66. The van der Waals surface area contributed by atoms with Gasteiger partial charge >= 0.3 is 0 Å². The Morgan fingerprint density at radius 1 is 1.26 bits per heavy atom. The lowest BCUT2D eigenvalue weighted by Gasteiger charge is -2.10. The Labute approximate surface area is 137 Å². The number of para-hydroxylation sites is 1. The fourth-order valence-corrected chi connectivity index (χ4v) is 2.45. The first-order chi connectivity index (χ1) is 11.1. The van der Waals surface area contributed by atoms with E-state index in [9.17, 15) is 0 Å². The maximum Gasteiger partial charge on any atom is 0.185 e. The predicted octanol–water partition coefficient (Wildman–Crippen LogP) is 3.52. The van der Waals surface area contributed by atoms with Crippen molar-refractivity contribution in [2.45, 2.75) is 46.6 Å². The number of aromatic nitrogens is 3. The van der Waals surface area contributed by atoms with E-state index in [0.717, 1.165) is 42.8 Å². The van der Waals surface area contributed by atoms with E-state index in [-0.39, 0.29) is 0 Å². The molecule has 0 N–H and O–H groups in total. The van der Waals surface area contributed by atoms with Gasteiger partial charge in [-0.2, -0.15) is 5.26 Å². The molecule has 5 heteroatoms.